The van der Waals surface area contributed by atoms with Gasteiger partial charge in [0.15, 0.2) is 0 Å². The molecule has 0 spiro atoms. The number of hydrogen-bond donors (Lipinski definition) is 0. The number of pyridine rings is 1. The van der Waals surface area contributed by atoms with Gasteiger partial charge in [-0.2, -0.15) is 0 Å². The Morgan fingerprint density at radius 2 is 1.10 bits per heavy atom. The Morgan fingerprint density at radius 1 is 0.500 bits per heavy atom. The van der Waals surface area contributed by atoms with Crippen LogP contribution in [0.4, 0.5) is 34.1 Å². The lowest BCUT2D eigenvalue weighted by Crippen LogP contribution is -2.24. The minimum absolute atomic E-state index is 0.704. The lowest BCUT2D eigenvalue weighted by molar-refractivity contribution is 1.17. The molecule has 0 saturated carbocycles. The van der Waals surface area contributed by atoms with E-state index in [2.05, 4.69) is 168 Å². The minimum Gasteiger partial charge on any atom is -0.306 e. The molecule has 1 aliphatic rings. The average Bonchev–Trinajstić information content (AvgIpc) is 3.14. The van der Waals surface area contributed by atoms with Gasteiger partial charge < -0.3 is 9.80 Å². The largest absolute Gasteiger partial charge is 0.306 e. The number of benzene rings is 7. The third-order valence-corrected chi connectivity index (χ3v) is 9.60. The second-order valence-electron chi connectivity index (χ2n) is 12.2. The van der Waals surface area contributed by atoms with Crippen molar-refractivity contribution in [1.29, 1.82) is 0 Å². The molecular formula is C44H30ClN3. The molecule has 9 rings (SSSR count). The van der Waals surface area contributed by atoms with E-state index in [9.17, 15) is 0 Å². The number of rotatable bonds is 4. The van der Waals surface area contributed by atoms with Gasteiger partial charge in [-0.25, -0.2) is 4.98 Å². The fourth-order valence-electron chi connectivity index (χ4n) is 7.18. The van der Waals surface area contributed by atoms with Crippen LogP contribution in [0.25, 0.3) is 44.1 Å². The second kappa shape index (κ2) is 11.4. The Balaban J connectivity index is 1.37. The molecule has 0 amide bonds. The lowest BCUT2D eigenvalue weighted by atomic mass is 9.91. The van der Waals surface area contributed by atoms with Crippen molar-refractivity contribution in [2.24, 2.45) is 0 Å². The summed E-state index contributed by atoms with van der Waals surface area (Å²) in [6.07, 6.45) is 0. The highest BCUT2D eigenvalue weighted by molar-refractivity contribution is 6.30. The molecule has 0 radical (unpaired) electrons. The maximum atomic E-state index is 6.36. The molecule has 7 aromatic carbocycles. The van der Waals surface area contributed by atoms with Crippen LogP contribution in [-0.4, -0.2) is 4.98 Å². The summed E-state index contributed by atoms with van der Waals surface area (Å²) in [4.78, 5) is 10.2. The van der Waals surface area contributed by atoms with Gasteiger partial charge in [-0.1, -0.05) is 115 Å². The summed E-state index contributed by atoms with van der Waals surface area (Å²) in [6, 6.07) is 57.8. The molecule has 0 atom stereocenters. The molecule has 2 heterocycles. The lowest BCUT2D eigenvalue weighted by Gasteiger charge is -2.40. The molecule has 8 aromatic rings. The van der Waals surface area contributed by atoms with Crippen molar-refractivity contribution in [3.63, 3.8) is 0 Å². The molecule has 1 aromatic heterocycles. The van der Waals surface area contributed by atoms with Gasteiger partial charge in [0.2, 0.25) is 0 Å². The van der Waals surface area contributed by atoms with Gasteiger partial charge >= 0.3 is 0 Å². The summed E-state index contributed by atoms with van der Waals surface area (Å²) in [7, 11) is 0. The number of para-hydroxylation sites is 5. The molecule has 0 unspecified atom stereocenters. The van der Waals surface area contributed by atoms with Crippen molar-refractivity contribution >= 4 is 67.4 Å². The van der Waals surface area contributed by atoms with Crippen molar-refractivity contribution in [2.75, 3.05) is 9.80 Å². The Hall–Kier alpha value is -5.90. The molecular weight excluding hydrogens is 606 g/mol. The van der Waals surface area contributed by atoms with Gasteiger partial charge in [-0.15, -0.1) is 0 Å². The maximum Gasteiger partial charge on any atom is 0.0958 e. The van der Waals surface area contributed by atoms with E-state index in [0.717, 1.165) is 61.8 Å². The molecule has 48 heavy (non-hydrogen) atoms. The van der Waals surface area contributed by atoms with Crippen LogP contribution in [0.3, 0.4) is 0 Å². The van der Waals surface area contributed by atoms with Crippen LogP contribution in [0, 0.1) is 6.92 Å². The molecule has 0 saturated heterocycles. The number of aryl methyl sites for hydroxylation is 1. The van der Waals surface area contributed by atoms with Crippen molar-refractivity contribution < 1.29 is 0 Å². The van der Waals surface area contributed by atoms with E-state index in [1.165, 1.54) is 21.9 Å². The summed E-state index contributed by atoms with van der Waals surface area (Å²) >= 11 is 6.36. The molecule has 0 N–H and O–H groups in total. The predicted molar refractivity (Wildman–Crippen MR) is 203 cm³/mol. The molecule has 0 aliphatic carbocycles. The van der Waals surface area contributed by atoms with Crippen molar-refractivity contribution in [3.05, 3.63) is 174 Å². The van der Waals surface area contributed by atoms with Gasteiger partial charge in [-0.3, -0.25) is 0 Å². The SMILES string of the molecule is Cc1ccc(N2c3ccccc3N(c3ccccc3)c3ccccc32)c2nc(-c3ccc(Cl)cc3)cc(-c3cccc4ccccc34)c12. The van der Waals surface area contributed by atoms with Gasteiger partial charge in [0.25, 0.3) is 0 Å². The van der Waals surface area contributed by atoms with Gasteiger partial charge in [0.1, 0.15) is 0 Å². The maximum absolute atomic E-state index is 6.36. The van der Waals surface area contributed by atoms with Crippen LogP contribution in [-0.2, 0) is 0 Å². The Kier molecular flexibility index (Phi) is 6.74. The number of fused-ring (bicyclic) bond motifs is 4. The van der Waals surface area contributed by atoms with E-state index in [0.29, 0.717) is 5.02 Å². The highest BCUT2D eigenvalue weighted by Crippen LogP contribution is 2.55. The van der Waals surface area contributed by atoms with Crippen LogP contribution >= 0.6 is 11.6 Å². The van der Waals surface area contributed by atoms with Crippen LogP contribution < -0.4 is 9.80 Å². The van der Waals surface area contributed by atoms with Crippen molar-refractivity contribution in [3.8, 4) is 22.4 Å². The fourth-order valence-corrected chi connectivity index (χ4v) is 7.30. The van der Waals surface area contributed by atoms with Crippen molar-refractivity contribution in [1.82, 2.24) is 4.98 Å². The molecule has 0 bridgehead atoms. The zero-order chi connectivity index (χ0) is 32.2. The topological polar surface area (TPSA) is 19.4 Å². The highest BCUT2D eigenvalue weighted by atomic mass is 35.5. The second-order valence-corrected chi connectivity index (χ2v) is 12.6. The van der Waals surface area contributed by atoms with Gasteiger partial charge in [0.05, 0.1) is 39.6 Å². The monoisotopic (exact) mass is 635 g/mol. The Bertz CT molecular complexity index is 2440. The molecule has 3 nitrogen and oxygen atoms in total. The third kappa shape index (κ3) is 4.55. The summed E-state index contributed by atoms with van der Waals surface area (Å²) in [6.45, 7) is 2.19. The van der Waals surface area contributed by atoms with E-state index in [1.54, 1.807) is 0 Å². The van der Waals surface area contributed by atoms with Crippen LogP contribution in [0.5, 0.6) is 0 Å². The predicted octanol–water partition coefficient (Wildman–Crippen LogP) is 12.9. The summed E-state index contributed by atoms with van der Waals surface area (Å²) in [5.41, 5.74) is 12.9. The smallest absolute Gasteiger partial charge is 0.0958 e. The highest BCUT2D eigenvalue weighted by Gasteiger charge is 2.31. The van der Waals surface area contributed by atoms with Crippen molar-refractivity contribution in [2.45, 2.75) is 6.92 Å². The first kappa shape index (κ1) is 28.3. The summed E-state index contributed by atoms with van der Waals surface area (Å²) in [5, 5.41) is 4.27. The standard InChI is InChI=1S/C44H30ClN3/c1-29-22-27-42(48-40-20-9-7-18-38(40)47(33-14-3-2-4-15-33)39-19-8-10-21-41(39)48)44-43(29)36(28-37(46-44)31-23-25-32(45)26-24-31)35-17-11-13-30-12-5-6-16-34(30)35/h2-28H,1H3. The van der Waals surface area contributed by atoms with E-state index >= 15 is 0 Å². The number of aromatic nitrogens is 1. The number of nitrogens with zero attached hydrogens (tertiary/aromatic N) is 3. The van der Waals surface area contributed by atoms with Gasteiger partial charge in [-0.05, 0) is 95.1 Å². The first-order valence-corrected chi connectivity index (χ1v) is 16.6. The molecule has 4 heteroatoms. The molecule has 1 aliphatic heterocycles. The van der Waals surface area contributed by atoms with Crippen LogP contribution in [0.1, 0.15) is 5.56 Å². The third-order valence-electron chi connectivity index (χ3n) is 9.35. The van der Waals surface area contributed by atoms with Crippen LogP contribution in [0.2, 0.25) is 5.02 Å². The Labute approximate surface area is 284 Å². The van der Waals surface area contributed by atoms with E-state index in [1.807, 2.05) is 12.1 Å². The normalized spacial score (nSPS) is 12.3. The zero-order valence-electron chi connectivity index (χ0n) is 26.3. The Morgan fingerprint density at radius 3 is 1.81 bits per heavy atom. The molecule has 0 fully saturated rings. The van der Waals surface area contributed by atoms with E-state index < -0.39 is 0 Å². The van der Waals surface area contributed by atoms with E-state index in [4.69, 9.17) is 16.6 Å². The van der Waals surface area contributed by atoms with Gasteiger partial charge in [0, 0.05) is 21.7 Å². The first-order valence-electron chi connectivity index (χ1n) is 16.2. The first-order chi connectivity index (χ1) is 23.7. The quantitative estimate of drug-likeness (QED) is 0.192. The number of halogens is 1. The zero-order valence-corrected chi connectivity index (χ0v) is 27.1. The number of hydrogen-bond acceptors (Lipinski definition) is 3. The fraction of sp³-hybridized carbons (Fsp3) is 0.0227. The molecule has 228 valence electrons. The minimum atomic E-state index is 0.704. The summed E-state index contributed by atoms with van der Waals surface area (Å²) < 4.78 is 0. The average molecular weight is 636 g/mol. The van der Waals surface area contributed by atoms with Crippen LogP contribution in [0.15, 0.2) is 164 Å². The summed E-state index contributed by atoms with van der Waals surface area (Å²) in [5.74, 6) is 0. The van der Waals surface area contributed by atoms with E-state index in [-0.39, 0.29) is 0 Å². The number of anilines is 6.